The molecule has 2 aliphatic carbocycles. The van der Waals surface area contributed by atoms with Crippen molar-refractivity contribution in [2.75, 3.05) is 0 Å². The standard InChI is InChI=1S/C22H28O4S/c1-12-6-7-27-20(12)19(17-13(23)8-21(2,3)9-14(17)24)18-15(25)10-22(4,5)11-16(18)26/h6-7,17,19,25H,8-11H2,1-5H3/t19-/m1/s1. The highest BCUT2D eigenvalue weighted by Gasteiger charge is 2.49. The van der Waals surface area contributed by atoms with Crippen LogP contribution in [0.1, 0.15) is 69.7 Å². The molecule has 1 fully saturated rings. The van der Waals surface area contributed by atoms with E-state index in [1.807, 2.05) is 46.1 Å². The highest BCUT2D eigenvalue weighted by Crippen LogP contribution is 2.49. The maximum atomic E-state index is 13.0. The number of allylic oxidation sites excluding steroid dienone is 2. The first-order chi connectivity index (χ1) is 12.4. The molecule has 27 heavy (non-hydrogen) atoms. The van der Waals surface area contributed by atoms with Crippen LogP contribution in [0.15, 0.2) is 22.8 Å². The summed E-state index contributed by atoms with van der Waals surface area (Å²) in [5.74, 6) is -1.88. The number of thiophene rings is 1. The second-order valence-corrected chi connectivity index (χ2v) is 10.6. The third-order valence-electron chi connectivity index (χ3n) is 5.72. The first-order valence-electron chi connectivity index (χ1n) is 9.46. The Labute approximate surface area is 164 Å². The Morgan fingerprint density at radius 2 is 1.56 bits per heavy atom. The molecule has 4 nitrogen and oxygen atoms in total. The predicted molar refractivity (Wildman–Crippen MR) is 106 cm³/mol. The largest absolute Gasteiger partial charge is 0.512 e. The minimum atomic E-state index is -0.877. The molecule has 0 radical (unpaired) electrons. The molecule has 1 saturated carbocycles. The number of hydrogen-bond acceptors (Lipinski definition) is 5. The number of aliphatic hydroxyl groups is 1. The van der Waals surface area contributed by atoms with E-state index in [4.69, 9.17) is 0 Å². The highest BCUT2D eigenvalue weighted by atomic mass is 32.1. The van der Waals surface area contributed by atoms with Gasteiger partial charge in [-0.25, -0.2) is 0 Å². The molecule has 0 amide bonds. The fourth-order valence-electron chi connectivity index (χ4n) is 4.58. The quantitative estimate of drug-likeness (QED) is 0.746. The molecule has 0 aliphatic heterocycles. The Morgan fingerprint density at radius 1 is 1.00 bits per heavy atom. The average molecular weight is 389 g/mol. The predicted octanol–water partition coefficient (Wildman–Crippen LogP) is 4.92. The highest BCUT2D eigenvalue weighted by molar-refractivity contribution is 7.10. The maximum absolute atomic E-state index is 13.0. The van der Waals surface area contributed by atoms with E-state index in [0.29, 0.717) is 25.7 Å². The van der Waals surface area contributed by atoms with Crippen LogP contribution in [-0.2, 0) is 14.4 Å². The zero-order valence-corrected chi connectivity index (χ0v) is 17.5. The maximum Gasteiger partial charge on any atom is 0.163 e. The van der Waals surface area contributed by atoms with Crippen LogP contribution in [0.25, 0.3) is 0 Å². The van der Waals surface area contributed by atoms with E-state index in [1.165, 1.54) is 11.3 Å². The molecule has 0 unspecified atom stereocenters. The lowest BCUT2D eigenvalue weighted by molar-refractivity contribution is -0.140. The molecule has 1 aromatic heterocycles. The zero-order chi connectivity index (χ0) is 20.1. The van der Waals surface area contributed by atoms with Gasteiger partial charge in [-0.05, 0) is 34.8 Å². The Morgan fingerprint density at radius 3 is 2.04 bits per heavy atom. The van der Waals surface area contributed by atoms with Crippen LogP contribution in [0, 0.1) is 23.7 Å². The van der Waals surface area contributed by atoms with Gasteiger partial charge in [0.15, 0.2) is 5.78 Å². The van der Waals surface area contributed by atoms with Crippen molar-refractivity contribution in [1.29, 1.82) is 0 Å². The van der Waals surface area contributed by atoms with E-state index in [1.54, 1.807) is 0 Å². The van der Waals surface area contributed by atoms with Crippen LogP contribution in [0.2, 0.25) is 0 Å². The van der Waals surface area contributed by atoms with Crippen molar-refractivity contribution in [3.05, 3.63) is 33.2 Å². The van der Waals surface area contributed by atoms with Crippen LogP contribution in [0.5, 0.6) is 0 Å². The molecular formula is C22H28O4S. The molecule has 5 heteroatoms. The summed E-state index contributed by atoms with van der Waals surface area (Å²) < 4.78 is 0. The molecule has 2 aliphatic rings. The fraction of sp³-hybridized carbons (Fsp3) is 0.591. The summed E-state index contributed by atoms with van der Waals surface area (Å²) in [5, 5.41) is 12.7. The molecule has 146 valence electrons. The Balaban J connectivity index is 2.15. The van der Waals surface area contributed by atoms with Crippen LogP contribution in [0.4, 0.5) is 0 Å². The van der Waals surface area contributed by atoms with Gasteiger partial charge in [0.25, 0.3) is 0 Å². The second kappa shape index (κ2) is 6.69. The molecule has 0 spiro atoms. The van der Waals surface area contributed by atoms with Crippen molar-refractivity contribution in [2.45, 2.75) is 66.2 Å². The van der Waals surface area contributed by atoms with E-state index >= 15 is 0 Å². The molecule has 0 bridgehead atoms. The van der Waals surface area contributed by atoms with Gasteiger partial charge >= 0.3 is 0 Å². The van der Waals surface area contributed by atoms with Crippen LogP contribution in [-0.4, -0.2) is 22.5 Å². The van der Waals surface area contributed by atoms with Gasteiger partial charge in [-0.3, -0.25) is 14.4 Å². The molecule has 1 atom stereocenters. The molecule has 1 heterocycles. The van der Waals surface area contributed by atoms with Gasteiger partial charge in [-0.1, -0.05) is 27.7 Å². The summed E-state index contributed by atoms with van der Waals surface area (Å²) in [7, 11) is 0. The molecule has 0 aromatic carbocycles. The van der Waals surface area contributed by atoms with Gasteiger partial charge in [0.2, 0.25) is 0 Å². The lowest BCUT2D eigenvalue weighted by Gasteiger charge is -2.38. The monoisotopic (exact) mass is 388 g/mol. The number of carbonyl (C=O) groups excluding carboxylic acids is 3. The number of rotatable bonds is 3. The number of carbonyl (C=O) groups is 3. The lowest BCUT2D eigenvalue weighted by atomic mass is 9.63. The fourth-order valence-corrected chi connectivity index (χ4v) is 5.66. The number of hydrogen-bond donors (Lipinski definition) is 1. The minimum absolute atomic E-state index is 0.0412. The summed E-state index contributed by atoms with van der Waals surface area (Å²) >= 11 is 1.45. The first kappa shape index (κ1) is 20.0. The Bertz CT molecular complexity index is 820. The average Bonchev–Trinajstić information content (AvgIpc) is 2.87. The zero-order valence-electron chi connectivity index (χ0n) is 16.7. The van der Waals surface area contributed by atoms with Crippen LogP contribution in [0.3, 0.4) is 0 Å². The molecule has 3 rings (SSSR count). The third-order valence-corrected chi connectivity index (χ3v) is 6.83. The van der Waals surface area contributed by atoms with Crippen LogP contribution >= 0.6 is 11.3 Å². The number of aliphatic hydroxyl groups excluding tert-OH is 1. The second-order valence-electron chi connectivity index (χ2n) is 9.67. The van der Waals surface area contributed by atoms with E-state index in [-0.39, 0.29) is 39.5 Å². The lowest BCUT2D eigenvalue weighted by Crippen LogP contribution is -2.43. The number of aryl methyl sites for hydroxylation is 1. The Kier molecular flexibility index (Phi) is 4.96. The molecule has 1 N–H and O–H groups in total. The van der Waals surface area contributed by atoms with E-state index < -0.39 is 11.8 Å². The number of ketones is 3. The minimum Gasteiger partial charge on any atom is -0.512 e. The molecular weight excluding hydrogens is 360 g/mol. The summed E-state index contributed by atoms with van der Waals surface area (Å²) in [6, 6.07) is 1.93. The van der Waals surface area contributed by atoms with Gasteiger partial charge in [0.05, 0.1) is 5.92 Å². The van der Waals surface area contributed by atoms with Crippen molar-refractivity contribution in [2.24, 2.45) is 16.7 Å². The normalized spacial score (nSPS) is 24.4. The van der Waals surface area contributed by atoms with E-state index in [2.05, 4.69) is 0 Å². The topological polar surface area (TPSA) is 71.4 Å². The number of Topliss-reactive ketones (excluding diaryl/α,β-unsaturated/α-hetero) is 3. The van der Waals surface area contributed by atoms with Gasteiger partial charge in [0.1, 0.15) is 17.3 Å². The van der Waals surface area contributed by atoms with Crippen molar-refractivity contribution in [3.63, 3.8) is 0 Å². The summed E-state index contributed by atoms with van der Waals surface area (Å²) in [6.45, 7) is 9.67. The van der Waals surface area contributed by atoms with Gasteiger partial charge in [-0.15, -0.1) is 11.3 Å². The molecule has 1 aromatic rings. The van der Waals surface area contributed by atoms with Crippen molar-refractivity contribution >= 4 is 28.7 Å². The third kappa shape index (κ3) is 3.79. The van der Waals surface area contributed by atoms with E-state index in [9.17, 15) is 19.5 Å². The van der Waals surface area contributed by atoms with Crippen molar-refractivity contribution in [3.8, 4) is 0 Å². The van der Waals surface area contributed by atoms with Gasteiger partial charge in [0, 0.05) is 42.1 Å². The van der Waals surface area contributed by atoms with Crippen LogP contribution < -0.4 is 0 Å². The van der Waals surface area contributed by atoms with Crippen molar-refractivity contribution < 1.29 is 19.5 Å². The Hall–Kier alpha value is -1.75. The van der Waals surface area contributed by atoms with Gasteiger partial charge in [-0.2, -0.15) is 0 Å². The SMILES string of the molecule is Cc1ccsc1[C@@H](C1=C(O)CC(C)(C)CC1=O)C1C(=O)CC(C)(C)CC1=O. The molecule has 0 saturated heterocycles. The summed E-state index contributed by atoms with van der Waals surface area (Å²) in [5.41, 5.74) is 0.566. The van der Waals surface area contributed by atoms with E-state index in [0.717, 1.165) is 10.4 Å². The summed E-state index contributed by atoms with van der Waals surface area (Å²) in [6.07, 6.45) is 1.33. The van der Waals surface area contributed by atoms with Gasteiger partial charge < -0.3 is 5.11 Å². The smallest absolute Gasteiger partial charge is 0.163 e. The first-order valence-corrected chi connectivity index (χ1v) is 10.3. The van der Waals surface area contributed by atoms with Crippen molar-refractivity contribution in [1.82, 2.24) is 0 Å². The summed E-state index contributed by atoms with van der Waals surface area (Å²) in [4.78, 5) is 39.9.